The lowest BCUT2D eigenvalue weighted by atomic mass is 9.89. The molecule has 4 rings (SSSR count). The molecule has 2 fully saturated rings. The molecule has 47 heavy (non-hydrogen) atoms. The van der Waals surface area contributed by atoms with E-state index in [2.05, 4.69) is 52.0 Å². The van der Waals surface area contributed by atoms with E-state index >= 15 is 0 Å². The van der Waals surface area contributed by atoms with E-state index in [9.17, 15) is 39.5 Å². The first-order valence-electron chi connectivity index (χ1n) is 13.3. The molecule has 2 saturated heterocycles. The predicted octanol–water partition coefficient (Wildman–Crippen LogP) is 4.41. The van der Waals surface area contributed by atoms with Crippen molar-refractivity contribution in [2.24, 2.45) is 5.92 Å². The molecule has 264 valence electrons. The van der Waals surface area contributed by atoms with Gasteiger partial charge in [0.25, 0.3) is 0 Å². The Hall–Kier alpha value is -4.04. The highest BCUT2D eigenvalue weighted by atomic mass is 19.4. The Morgan fingerprint density at radius 1 is 0.830 bits per heavy atom. The monoisotopic (exact) mass is 694 g/mol. The van der Waals surface area contributed by atoms with Gasteiger partial charge in [0.15, 0.2) is 0 Å². The van der Waals surface area contributed by atoms with Gasteiger partial charge in [-0.2, -0.15) is 39.5 Å². The normalized spacial score (nSPS) is 19.9. The molecular weight excluding hydrogens is 663 g/mol. The molecule has 4 heterocycles. The van der Waals surface area contributed by atoms with E-state index in [0.717, 1.165) is 44.8 Å². The summed E-state index contributed by atoms with van der Waals surface area (Å²) in [4.78, 5) is 40.7. The number of halogens is 9. The fraction of sp³-hybridized carbons (Fsp3) is 0.519. The lowest BCUT2D eigenvalue weighted by Gasteiger charge is -2.41. The second kappa shape index (κ2) is 17.8. The number of aromatic nitrogens is 2. The quantitative estimate of drug-likeness (QED) is 0.382. The number of rotatable bonds is 5. The maximum Gasteiger partial charge on any atom is 0.490 e. The lowest BCUT2D eigenvalue weighted by molar-refractivity contribution is -0.193. The number of fused-ring (bicyclic) bond motifs is 1. The smallest absolute Gasteiger partial charge is 0.475 e. The summed E-state index contributed by atoms with van der Waals surface area (Å²) in [6.07, 6.45) is -10.0. The lowest BCUT2D eigenvalue weighted by Crippen LogP contribution is -2.50. The Balaban J connectivity index is 0.000000430. The number of nitrogens with zero attached hydrogens (tertiary/aromatic N) is 4. The minimum Gasteiger partial charge on any atom is -0.475 e. The van der Waals surface area contributed by atoms with Crippen molar-refractivity contribution in [2.45, 2.75) is 57.1 Å². The van der Waals surface area contributed by atoms with E-state index < -0.39 is 36.4 Å². The van der Waals surface area contributed by atoms with Crippen LogP contribution < -0.4 is 0 Å². The first kappa shape index (κ1) is 41.0. The van der Waals surface area contributed by atoms with E-state index in [1.54, 1.807) is 0 Å². The molecule has 0 amide bonds. The van der Waals surface area contributed by atoms with Crippen LogP contribution in [-0.4, -0.2) is 110 Å². The van der Waals surface area contributed by atoms with Crippen molar-refractivity contribution < 1.29 is 74.0 Å². The summed E-state index contributed by atoms with van der Waals surface area (Å²) < 4.78 is 101. The van der Waals surface area contributed by atoms with E-state index in [-0.39, 0.29) is 0 Å². The van der Waals surface area contributed by atoms with Gasteiger partial charge in [-0.1, -0.05) is 6.07 Å². The van der Waals surface area contributed by atoms with Gasteiger partial charge in [-0.05, 0) is 43.2 Å². The number of hydrogen-bond acceptors (Lipinski definition) is 8. The highest BCUT2D eigenvalue weighted by Gasteiger charge is 2.44. The van der Waals surface area contributed by atoms with Crippen molar-refractivity contribution in [1.82, 2.24) is 19.8 Å². The van der Waals surface area contributed by atoms with Crippen molar-refractivity contribution in [3.8, 4) is 0 Å². The summed E-state index contributed by atoms with van der Waals surface area (Å²) in [6, 6.07) is 11.1. The number of piperidine rings is 1. The minimum absolute atomic E-state index is 0.365. The number of hydrogen-bond donors (Lipinski definition) is 3. The molecule has 2 aliphatic rings. The third kappa shape index (κ3) is 14.9. The second-order valence-electron chi connectivity index (χ2n) is 9.99. The highest BCUT2D eigenvalue weighted by molar-refractivity contribution is 5.73. The number of carboxylic acid groups (broad SMARTS) is 3. The van der Waals surface area contributed by atoms with Crippen LogP contribution in [0.5, 0.6) is 0 Å². The Bertz CT molecular complexity index is 1240. The summed E-state index contributed by atoms with van der Waals surface area (Å²) in [5, 5.41) is 21.4. The molecule has 2 aliphatic heterocycles. The Kier molecular flexibility index (Phi) is 15.5. The van der Waals surface area contributed by atoms with Crippen LogP contribution in [-0.2, 0) is 32.2 Å². The van der Waals surface area contributed by atoms with Gasteiger partial charge in [0.05, 0.1) is 11.8 Å². The molecule has 0 radical (unpaired) electrons. The van der Waals surface area contributed by atoms with E-state index in [4.69, 9.17) is 39.4 Å². The zero-order chi connectivity index (χ0) is 36.2. The van der Waals surface area contributed by atoms with Crippen LogP contribution in [0.15, 0.2) is 42.7 Å². The van der Waals surface area contributed by atoms with Crippen molar-refractivity contribution in [3.05, 3.63) is 59.7 Å². The first-order valence-corrected chi connectivity index (χ1v) is 13.3. The summed E-state index contributed by atoms with van der Waals surface area (Å²) in [5.74, 6) is -7.70. The van der Waals surface area contributed by atoms with Gasteiger partial charge in [-0.25, -0.2) is 14.4 Å². The third-order valence-corrected chi connectivity index (χ3v) is 6.55. The van der Waals surface area contributed by atoms with E-state index in [0.29, 0.717) is 18.1 Å². The zero-order valence-corrected chi connectivity index (χ0v) is 24.7. The number of carbonyl (C=O) groups is 3. The largest absolute Gasteiger partial charge is 0.490 e. The van der Waals surface area contributed by atoms with Crippen molar-refractivity contribution in [2.75, 3.05) is 26.7 Å². The fourth-order valence-electron chi connectivity index (χ4n) is 4.58. The average molecular weight is 695 g/mol. The number of likely N-dealkylation sites (tertiary alicyclic amines) is 2. The number of carboxylic acids is 3. The summed E-state index contributed by atoms with van der Waals surface area (Å²) in [6.45, 7) is 7.26. The molecule has 2 aromatic heterocycles. The molecule has 0 unspecified atom stereocenters. The van der Waals surface area contributed by atoms with E-state index in [1.165, 1.54) is 11.3 Å². The molecule has 2 aromatic rings. The molecule has 3 atom stereocenters. The average Bonchev–Trinajstić information content (AvgIpc) is 3.37. The van der Waals surface area contributed by atoms with Gasteiger partial charge >= 0.3 is 36.4 Å². The van der Waals surface area contributed by atoms with Gasteiger partial charge in [0, 0.05) is 69.9 Å². The third-order valence-electron chi connectivity index (χ3n) is 6.55. The molecule has 0 saturated carbocycles. The number of aliphatic carboxylic acids is 3. The topological polar surface area (TPSA) is 153 Å². The number of pyridine rings is 2. The van der Waals surface area contributed by atoms with Crippen LogP contribution in [0.3, 0.4) is 0 Å². The summed E-state index contributed by atoms with van der Waals surface area (Å²) >= 11 is 0. The Morgan fingerprint density at radius 2 is 1.32 bits per heavy atom. The van der Waals surface area contributed by atoms with Crippen molar-refractivity contribution >= 4 is 17.9 Å². The van der Waals surface area contributed by atoms with Gasteiger partial charge in [0.1, 0.15) is 0 Å². The number of methoxy groups -OCH3 is 1. The van der Waals surface area contributed by atoms with Crippen LogP contribution in [0.2, 0.25) is 0 Å². The number of alkyl halides is 9. The molecule has 11 nitrogen and oxygen atoms in total. The van der Waals surface area contributed by atoms with Crippen LogP contribution in [0.4, 0.5) is 39.5 Å². The van der Waals surface area contributed by atoms with Crippen molar-refractivity contribution in [1.29, 1.82) is 0 Å². The molecule has 20 heteroatoms. The van der Waals surface area contributed by atoms with Gasteiger partial charge in [-0.3, -0.25) is 19.8 Å². The SMILES string of the molecule is CO[C@@H]1CCN(Cc2cccc(C)n2)[C@@H]2CN(Cc3ccncc3)C[C@@H]21.O=C(O)C(F)(F)F.O=C(O)C(F)(F)F.O=C(O)C(F)(F)F. The van der Waals surface area contributed by atoms with Crippen LogP contribution in [0, 0.1) is 12.8 Å². The van der Waals surface area contributed by atoms with E-state index in [1.807, 2.05) is 19.5 Å². The molecule has 0 aromatic carbocycles. The minimum atomic E-state index is -5.08. The standard InChI is InChI=1S/C21H28N4O.3C2HF3O2/c1-16-4-3-5-18(23-16)13-25-11-8-21(26-2)19-14-24(15-20(19)25)12-17-6-9-22-10-7-17;3*3-2(4,5)1(6)7/h3-7,9-10,19-21H,8,11-15H2,1-2H3;3*(H,6,7)/t19-,20+,21+;;;/m0.../s1. The molecule has 3 N–H and O–H groups in total. The van der Waals surface area contributed by atoms with Crippen LogP contribution in [0.25, 0.3) is 0 Å². The Morgan fingerprint density at radius 3 is 1.74 bits per heavy atom. The van der Waals surface area contributed by atoms with Crippen LogP contribution in [0.1, 0.15) is 23.4 Å². The molecule has 0 aliphatic carbocycles. The van der Waals surface area contributed by atoms with Crippen LogP contribution >= 0.6 is 0 Å². The summed E-state index contributed by atoms with van der Waals surface area (Å²) in [7, 11) is 1.87. The maximum absolute atomic E-state index is 10.6. The zero-order valence-electron chi connectivity index (χ0n) is 24.7. The Labute approximate surface area is 261 Å². The van der Waals surface area contributed by atoms with Gasteiger partial charge in [0.2, 0.25) is 0 Å². The van der Waals surface area contributed by atoms with Gasteiger partial charge in [-0.15, -0.1) is 0 Å². The second-order valence-corrected chi connectivity index (χ2v) is 9.99. The molecule has 0 bridgehead atoms. The summed E-state index contributed by atoms with van der Waals surface area (Å²) in [5.41, 5.74) is 3.60. The van der Waals surface area contributed by atoms with Gasteiger partial charge < -0.3 is 20.1 Å². The first-order chi connectivity index (χ1) is 21.6. The number of aryl methyl sites for hydroxylation is 1. The maximum atomic E-state index is 10.6. The number of ether oxygens (including phenoxy) is 1. The van der Waals surface area contributed by atoms with Crippen molar-refractivity contribution in [3.63, 3.8) is 0 Å². The predicted molar refractivity (Wildman–Crippen MR) is 143 cm³/mol. The molecule has 0 spiro atoms. The highest BCUT2D eigenvalue weighted by Crippen LogP contribution is 2.34. The fourth-order valence-corrected chi connectivity index (χ4v) is 4.58. The molecular formula is C27H31F9N4O7.